The summed E-state index contributed by atoms with van der Waals surface area (Å²) < 4.78 is 44.4. The lowest BCUT2D eigenvalue weighted by molar-refractivity contribution is -0.162. The van der Waals surface area contributed by atoms with Crippen LogP contribution in [0.15, 0.2) is 24.3 Å². The van der Waals surface area contributed by atoms with Crippen molar-refractivity contribution in [2.75, 3.05) is 12.0 Å². The van der Waals surface area contributed by atoms with Crippen LogP contribution in [0.1, 0.15) is 64.5 Å². The number of carbonyl (C=O) groups excluding carboxylic acids is 1. The first kappa shape index (κ1) is 26.3. The van der Waals surface area contributed by atoms with E-state index in [0.717, 1.165) is 12.1 Å². The fourth-order valence-electron chi connectivity index (χ4n) is 3.03. The van der Waals surface area contributed by atoms with Gasteiger partial charge in [0.15, 0.2) is 0 Å². The Kier molecular flexibility index (Phi) is 8.84. The average Bonchev–Trinajstić information content (AvgIpc) is 2.58. The quantitative estimate of drug-likeness (QED) is 0.469. The first-order chi connectivity index (χ1) is 13.6. The summed E-state index contributed by atoms with van der Waals surface area (Å²) in [6.45, 7) is 8.40. The van der Waals surface area contributed by atoms with E-state index in [2.05, 4.69) is 0 Å². The third-order valence-corrected chi connectivity index (χ3v) is 5.56. The molecule has 0 saturated heterocycles. The minimum absolute atomic E-state index is 0.234. The molecule has 170 valence electrons. The summed E-state index contributed by atoms with van der Waals surface area (Å²) >= 11 is 1.47. The molecule has 1 aromatic rings. The number of benzene rings is 1. The van der Waals surface area contributed by atoms with Crippen LogP contribution in [0, 0.1) is 11.3 Å². The van der Waals surface area contributed by atoms with E-state index in [1.807, 2.05) is 6.26 Å². The largest absolute Gasteiger partial charge is 0.481 e. The van der Waals surface area contributed by atoms with Crippen LogP contribution in [0.4, 0.5) is 13.2 Å². The van der Waals surface area contributed by atoms with Gasteiger partial charge in [-0.05, 0) is 71.4 Å². The highest BCUT2D eigenvalue weighted by Gasteiger charge is 2.37. The molecule has 0 amide bonds. The Morgan fingerprint density at radius 3 is 2.00 bits per heavy atom. The van der Waals surface area contributed by atoms with Gasteiger partial charge in [0.05, 0.1) is 16.9 Å². The second kappa shape index (κ2) is 10.1. The van der Waals surface area contributed by atoms with Crippen LogP contribution in [0.2, 0.25) is 0 Å². The number of halogens is 3. The van der Waals surface area contributed by atoms with Crippen LogP contribution < -0.4 is 0 Å². The maximum absolute atomic E-state index is 13.0. The Morgan fingerprint density at radius 1 is 1.07 bits per heavy atom. The Labute approximate surface area is 180 Å². The van der Waals surface area contributed by atoms with Gasteiger partial charge in [0.25, 0.3) is 0 Å². The summed E-state index contributed by atoms with van der Waals surface area (Å²) in [4.78, 5) is 24.5. The molecular weight excluding hydrogens is 417 g/mol. The summed E-state index contributed by atoms with van der Waals surface area (Å²) in [5, 5.41) is 9.42. The van der Waals surface area contributed by atoms with Crippen molar-refractivity contribution in [3.05, 3.63) is 35.4 Å². The van der Waals surface area contributed by atoms with E-state index in [4.69, 9.17) is 4.74 Å². The van der Waals surface area contributed by atoms with Crippen LogP contribution >= 0.6 is 11.8 Å². The van der Waals surface area contributed by atoms with Crippen molar-refractivity contribution in [3.8, 4) is 0 Å². The zero-order valence-corrected chi connectivity index (χ0v) is 19.1. The highest BCUT2D eigenvalue weighted by Crippen LogP contribution is 2.37. The molecule has 1 N–H and O–H groups in total. The number of aliphatic carboxylic acids is 1. The monoisotopic (exact) mass is 448 g/mol. The van der Waals surface area contributed by atoms with Crippen molar-refractivity contribution in [1.82, 2.24) is 0 Å². The second-order valence-corrected chi connectivity index (χ2v) is 9.96. The zero-order valence-electron chi connectivity index (χ0n) is 18.3. The predicted molar refractivity (Wildman–Crippen MR) is 113 cm³/mol. The van der Waals surface area contributed by atoms with Gasteiger partial charge in [-0.2, -0.15) is 24.9 Å². The Hall–Kier alpha value is -1.70. The number of hydrogen-bond donors (Lipinski definition) is 1. The van der Waals surface area contributed by atoms with Gasteiger partial charge in [0, 0.05) is 11.7 Å². The predicted octanol–water partition coefficient (Wildman–Crippen LogP) is 6.00. The number of hydrogen-bond acceptors (Lipinski definition) is 4. The molecule has 0 heterocycles. The van der Waals surface area contributed by atoms with Gasteiger partial charge in [-0.15, -0.1) is 0 Å². The lowest BCUT2D eigenvalue weighted by atomic mass is 9.78. The molecule has 4 nitrogen and oxygen atoms in total. The van der Waals surface area contributed by atoms with Gasteiger partial charge in [0.2, 0.25) is 0 Å². The van der Waals surface area contributed by atoms with Crippen molar-refractivity contribution in [2.45, 2.75) is 65.2 Å². The molecule has 0 unspecified atom stereocenters. The van der Waals surface area contributed by atoms with Crippen LogP contribution in [-0.2, 0) is 20.5 Å². The van der Waals surface area contributed by atoms with E-state index < -0.39 is 46.5 Å². The van der Waals surface area contributed by atoms with Gasteiger partial charge >= 0.3 is 18.1 Å². The average molecular weight is 449 g/mol. The fourth-order valence-corrected chi connectivity index (χ4v) is 3.81. The summed E-state index contributed by atoms with van der Waals surface area (Å²) in [7, 11) is 0. The van der Waals surface area contributed by atoms with E-state index >= 15 is 0 Å². The number of rotatable bonds is 9. The van der Waals surface area contributed by atoms with E-state index in [-0.39, 0.29) is 12.8 Å². The third kappa shape index (κ3) is 7.85. The molecule has 1 aromatic carbocycles. The molecule has 0 spiro atoms. The van der Waals surface area contributed by atoms with Gasteiger partial charge in [-0.3, -0.25) is 9.59 Å². The Morgan fingerprint density at radius 2 is 1.60 bits per heavy atom. The molecule has 2 atom stereocenters. The van der Waals surface area contributed by atoms with Gasteiger partial charge in [-0.25, -0.2) is 0 Å². The normalized spacial score (nSPS) is 14.8. The number of thioether (sulfide) groups is 1. The molecule has 30 heavy (non-hydrogen) atoms. The van der Waals surface area contributed by atoms with Crippen LogP contribution in [0.25, 0.3) is 0 Å². The maximum atomic E-state index is 13.0. The van der Waals surface area contributed by atoms with Crippen LogP contribution in [0.5, 0.6) is 0 Å². The zero-order chi connectivity index (χ0) is 23.3. The first-order valence-electron chi connectivity index (χ1n) is 9.71. The third-order valence-electron chi connectivity index (χ3n) is 4.87. The SMILES string of the molecule is CSC[C@H](c1ccc(C(F)(F)F)cc1)[C@H](CCC(C)(C)C(=O)O)C(=O)OC(C)(C)C. The highest BCUT2D eigenvalue weighted by molar-refractivity contribution is 7.98. The van der Waals surface area contributed by atoms with Crippen LogP contribution in [-0.4, -0.2) is 34.7 Å². The van der Waals surface area contributed by atoms with Crippen molar-refractivity contribution in [1.29, 1.82) is 0 Å². The molecule has 0 fully saturated rings. The number of esters is 1. The summed E-state index contributed by atoms with van der Waals surface area (Å²) in [5.74, 6) is -2.03. The molecule has 0 aliphatic heterocycles. The molecule has 0 aliphatic rings. The van der Waals surface area contributed by atoms with E-state index in [1.54, 1.807) is 34.6 Å². The molecule has 1 rings (SSSR count). The molecule has 0 aliphatic carbocycles. The number of carboxylic acids is 1. The minimum atomic E-state index is -4.44. The topological polar surface area (TPSA) is 63.6 Å². The van der Waals surface area contributed by atoms with E-state index in [9.17, 15) is 27.9 Å². The van der Waals surface area contributed by atoms with Gasteiger partial charge < -0.3 is 9.84 Å². The Bertz CT molecular complexity index is 721. The van der Waals surface area contributed by atoms with Crippen molar-refractivity contribution in [3.63, 3.8) is 0 Å². The van der Waals surface area contributed by atoms with Crippen molar-refractivity contribution >= 4 is 23.7 Å². The Balaban J connectivity index is 3.29. The molecule has 8 heteroatoms. The lowest BCUT2D eigenvalue weighted by Gasteiger charge is -2.31. The number of alkyl halides is 3. The summed E-state index contributed by atoms with van der Waals surface area (Å²) in [5.41, 5.74) is -1.93. The summed E-state index contributed by atoms with van der Waals surface area (Å²) in [6.07, 6.45) is -2.10. The second-order valence-electron chi connectivity index (χ2n) is 9.05. The molecule has 0 bridgehead atoms. The first-order valence-corrected chi connectivity index (χ1v) is 11.1. The van der Waals surface area contributed by atoms with Crippen molar-refractivity contribution in [2.24, 2.45) is 11.3 Å². The highest BCUT2D eigenvalue weighted by atomic mass is 32.2. The van der Waals surface area contributed by atoms with E-state index in [1.165, 1.54) is 23.9 Å². The number of carbonyl (C=O) groups is 2. The van der Waals surface area contributed by atoms with E-state index in [0.29, 0.717) is 11.3 Å². The number of ether oxygens (including phenoxy) is 1. The lowest BCUT2D eigenvalue weighted by Crippen LogP contribution is -2.34. The fraction of sp³-hybridized carbons (Fsp3) is 0.636. The molecule has 0 radical (unpaired) electrons. The summed E-state index contributed by atoms with van der Waals surface area (Å²) in [6, 6.07) is 4.80. The maximum Gasteiger partial charge on any atom is 0.416 e. The van der Waals surface area contributed by atoms with Crippen LogP contribution in [0.3, 0.4) is 0 Å². The number of carboxylic acid groups (broad SMARTS) is 1. The minimum Gasteiger partial charge on any atom is -0.481 e. The standard InChI is InChI=1S/C22H31F3O4S/c1-20(2,3)29-18(26)16(11-12-21(4,5)19(27)28)17(13-30-6)14-7-9-15(10-8-14)22(23,24)25/h7-10,16-17H,11-13H2,1-6H3,(H,27,28)/t16-,17+/m0/s1. The van der Waals surface area contributed by atoms with Gasteiger partial charge in [0.1, 0.15) is 5.60 Å². The molecular formula is C22H31F3O4S. The van der Waals surface area contributed by atoms with Crippen molar-refractivity contribution < 1.29 is 32.6 Å². The molecule has 0 saturated carbocycles. The van der Waals surface area contributed by atoms with Gasteiger partial charge in [-0.1, -0.05) is 12.1 Å². The molecule has 0 aromatic heterocycles. The smallest absolute Gasteiger partial charge is 0.416 e.